The molecule has 0 bridgehead atoms. The van der Waals surface area contributed by atoms with Gasteiger partial charge in [0.25, 0.3) is 5.91 Å². The summed E-state index contributed by atoms with van der Waals surface area (Å²) in [6.07, 6.45) is 1.02. The molecule has 1 aliphatic heterocycles. The van der Waals surface area contributed by atoms with Gasteiger partial charge in [-0.3, -0.25) is 9.59 Å². The molecular weight excluding hydrogens is 426 g/mol. The van der Waals surface area contributed by atoms with Gasteiger partial charge >= 0.3 is 6.09 Å². The van der Waals surface area contributed by atoms with E-state index in [1.54, 1.807) is 37.8 Å². The van der Waals surface area contributed by atoms with Crippen molar-refractivity contribution in [2.24, 2.45) is 5.92 Å². The molecule has 154 valence electrons. The van der Waals surface area contributed by atoms with Crippen LogP contribution < -0.4 is 10.6 Å². The molecule has 0 saturated carbocycles. The molecule has 1 atom stereocenters. The second-order valence-corrected chi connectivity index (χ2v) is 8.74. The lowest BCUT2D eigenvalue weighted by molar-refractivity contribution is -0.126. The van der Waals surface area contributed by atoms with Crippen LogP contribution in [0.4, 0.5) is 4.79 Å². The van der Waals surface area contributed by atoms with E-state index in [4.69, 9.17) is 4.74 Å². The number of carbonyl (C=O) groups excluding carboxylic acids is 3. The summed E-state index contributed by atoms with van der Waals surface area (Å²) < 4.78 is 5.99. The molecule has 1 aromatic carbocycles. The number of hydrogen-bond donors (Lipinski definition) is 2. The third kappa shape index (κ3) is 7.14. The maximum Gasteiger partial charge on any atom is 0.407 e. The van der Waals surface area contributed by atoms with Crippen molar-refractivity contribution in [3.8, 4) is 0 Å². The van der Waals surface area contributed by atoms with E-state index in [9.17, 15) is 14.4 Å². The topological polar surface area (TPSA) is 87.7 Å². The third-order valence-corrected chi connectivity index (χ3v) is 4.74. The molecule has 0 radical (unpaired) electrons. The van der Waals surface area contributed by atoms with Crippen LogP contribution in [0.3, 0.4) is 0 Å². The van der Waals surface area contributed by atoms with Crippen molar-refractivity contribution in [3.63, 3.8) is 0 Å². The average Bonchev–Trinajstić information content (AvgIpc) is 2.63. The van der Waals surface area contributed by atoms with Gasteiger partial charge in [0.05, 0.1) is 5.92 Å². The second-order valence-electron chi connectivity index (χ2n) is 7.82. The third-order valence-electron chi connectivity index (χ3n) is 4.24. The summed E-state index contributed by atoms with van der Waals surface area (Å²) in [4.78, 5) is 38.4. The molecule has 0 spiro atoms. The zero-order chi connectivity index (χ0) is 20.7. The summed E-state index contributed by atoms with van der Waals surface area (Å²) >= 11 is 3.38. The number of piperidine rings is 1. The van der Waals surface area contributed by atoms with E-state index in [0.717, 1.165) is 17.3 Å². The molecule has 1 aliphatic rings. The predicted molar refractivity (Wildman–Crippen MR) is 110 cm³/mol. The van der Waals surface area contributed by atoms with Crippen molar-refractivity contribution in [1.82, 2.24) is 15.5 Å². The van der Waals surface area contributed by atoms with E-state index in [2.05, 4.69) is 26.6 Å². The first-order valence-corrected chi connectivity index (χ1v) is 10.2. The molecular formula is C20H28BrN3O4. The molecule has 1 fully saturated rings. The van der Waals surface area contributed by atoms with Crippen molar-refractivity contribution in [3.05, 3.63) is 34.3 Å². The number of alkyl carbamates (subject to hydrolysis) is 1. The van der Waals surface area contributed by atoms with Gasteiger partial charge in [-0.2, -0.15) is 0 Å². The van der Waals surface area contributed by atoms with E-state index >= 15 is 0 Å². The standard InChI is InChI=1S/C20H28BrN3O4/c1-20(2,3)28-19(27)23-10-9-22-17(25)15-7-5-11-24(13-15)18(26)14-6-4-8-16(21)12-14/h4,6,8,12,15H,5,7,9-11,13H2,1-3H3,(H,22,25)(H,23,27). The van der Waals surface area contributed by atoms with E-state index < -0.39 is 11.7 Å². The lowest BCUT2D eigenvalue weighted by atomic mass is 9.96. The van der Waals surface area contributed by atoms with Crippen molar-refractivity contribution in [1.29, 1.82) is 0 Å². The van der Waals surface area contributed by atoms with Gasteiger partial charge in [0.1, 0.15) is 5.60 Å². The number of hydrogen-bond acceptors (Lipinski definition) is 4. The van der Waals surface area contributed by atoms with E-state index in [-0.39, 0.29) is 24.3 Å². The van der Waals surface area contributed by atoms with Crippen LogP contribution in [0.25, 0.3) is 0 Å². The first kappa shape index (κ1) is 22.2. The monoisotopic (exact) mass is 453 g/mol. The van der Waals surface area contributed by atoms with E-state index in [0.29, 0.717) is 25.2 Å². The van der Waals surface area contributed by atoms with Crippen molar-refractivity contribution in [2.45, 2.75) is 39.2 Å². The minimum absolute atomic E-state index is 0.0645. The molecule has 8 heteroatoms. The highest BCUT2D eigenvalue weighted by atomic mass is 79.9. The van der Waals surface area contributed by atoms with Gasteiger partial charge in [0, 0.05) is 36.2 Å². The highest BCUT2D eigenvalue weighted by molar-refractivity contribution is 9.10. The Morgan fingerprint density at radius 1 is 1.21 bits per heavy atom. The number of rotatable bonds is 5. The van der Waals surface area contributed by atoms with Gasteiger partial charge in [-0.05, 0) is 51.8 Å². The number of benzene rings is 1. The smallest absolute Gasteiger partial charge is 0.407 e. The minimum Gasteiger partial charge on any atom is -0.444 e. The van der Waals surface area contributed by atoms with Crippen LogP contribution in [-0.2, 0) is 9.53 Å². The fourth-order valence-corrected chi connectivity index (χ4v) is 3.39. The first-order valence-electron chi connectivity index (χ1n) is 9.45. The maximum absolute atomic E-state index is 12.7. The number of nitrogens with one attached hydrogen (secondary N) is 2. The number of halogens is 1. The Bertz CT molecular complexity index is 718. The molecule has 1 saturated heterocycles. The molecule has 1 unspecified atom stereocenters. The number of amides is 3. The molecule has 2 rings (SSSR count). The largest absolute Gasteiger partial charge is 0.444 e. The van der Waals surface area contributed by atoms with Gasteiger partial charge in [0.2, 0.25) is 5.91 Å². The van der Waals surface area contributed by atoms with Crippen LogP contribution in [0.2, 0.25) is 0 Å². The Balaban J connectivity index is 1.78. The van der Waals surface area contributed by atoms with Crippen LogP contribution in [0.5, 0.6) is 0 Å². The lowest BCUT2D eigenvalue weighted by Gasteiger charge is -2.32. The fourth-order valence-electron chi connectivity index (χ4n) is 2.99. The second kappa shape index (κ2) is 9.91. The van der Waals surface area contributed by atoms with Gasteiger partial charge in [0.15, 0.2) is 0 Å². The maximum atomic E-state index is 12.7. The summed E-state index contributed by atoms with van der Waals surface area (Å²) in [7, 11) is 0. The Morgan fingerprint density at radius 3 is 2.61 bits per heavy atom. The Labute approximate surface area is 174 Å². The lowest BCUT2D eigenvalue weighted by Crippen LogP contribution is -2.46. The van der Waals surface area contributed by atoms with Crippen LogP contribution >= 0.6 is 15.9 Å². The highest BCUT2D eigenvalue weighted by Gasteiger charge is 2.28. The summed E-state index contributed by atoms with van der Waals surface area (Å²) in [5.41, 5.74) is 0.0525. The van der Waals surface area contributed by atoms with Crippen LogP contribution in [-0.4, -0.2) is 54.6 Å². The molecule has 1 aromatic rings. The number of ether oxygens (including phenoxy) is 1. The molecule has 2 N–H and O–H groups in total. The molecule has 7 nitrogen and oxygen atoms in total. The quantitative estimate of drug-likeness (QED) is 0.670. The molecule has 0 aliphatic carbocycles. The van der Waals surface area contributed by atoms with Crippen molar-refractivity contribution < 1.29 is 19.1 Å². The molecule has 0 aromatic heterocycles. The fraction of sp³-hybridized carbons (Fsp3) is 0.550. The minimum atomic E-state index is -0.556. The van der Waals surface area contributed by atoms with Gasteiger partial charge in [-0.25, -0.2) is 4.79 Å². The van der Waals surface area contributed by atoms with Crippen LogP contribution in [0.1, 0.15) is 44.0 Å². The summed E-state index contributed by atoms with van der Waals surface area (Å²) in [6.45, 7) is 7.02. The van der Waals surface area contributed by atoms with Crippen molar-refractivity contribution >= 4 is 33.8 Å². The normalized spacial score (nSPS) is 17.0. The zero-order valence-corrected chi connectivity index (χ0v) is 18.2. The molecule has 28 heavy (non-hydrogen) atoms. The predicted octanol–water partition coefficient (Wildman–Crippen LogP) is 2.94. The van der Waals surface area contributed by atoms with Gasteiger partial charge in [-0.15, -0.1) is 0 Å². The summed E-state index contributed by atoms with van der Waals surface area (Å²) in [5.74, 6) is -0.408. The van der Waals surface area contributed by atoms with Crippen LogP contribution in [0, 0.1) is 5.92 Å². The van der Waals surface area contributed by atoms with Gasteiger partial charge < -0.3 is 20.3 Å². The number of likely N-dealkylation sites (tertiary alicyclic amines) is 1. The molecule has 3 amide bonds. The number of carbonyl (C=O) groups is 3. The van der Waals surface area contributed by atoms with E-state index in [1.807, 2.05) is 12.1 Å². The van der Waals surface area contributed by atoms with Crippen molar-refractivity contribution in [2.75, 3.05) is 26.2 Å². The van der Waals surface area contributed by atoms with Crippen LogP contribution in [0.15, 0.2) is 28.7 Å². The Hall–Kier alpha value is -2.09. The van der Waals surface area contributed by atoms with E-state index in [1.165, 1.54) is 0 Å². The summed E-state index contributed by atoms with van der Waals surface area (Å²) in [5, 5.41) is 5.43. The number of nitrogens with zero attached hydrogens (tertiary/aromatic N) is 1. The average molecular weight is 454 g/mol. The first-order chi connectivity index (χ1) is 13.2. The Morgan fingerprint density at radius 2 is 1.93 bits per heavy atom. The molecule has 1 heterocycles. The SMILES string of the molecule is CC(C)(C)OC(=O)NCCNC(=O)C1CCCN(C(=O)c2cccc(Br)c2)C1. The highest BCUT2D eigenvalue weighted by Crippen LogP contribution is 2.20. The Kier molecular flexibility index (Phi) is 7.86. The summed E-state index contributed by atoms with van der Waals surface area (Å²) in [6, 6.07) is 7.26. The zero-order valence-electron chi connectivity index (χ0n) is 16.6. The van der Waals surface area contributed by atoms with Gasteiger partial charge in [-0.1, -0.05) is 22.0 Å².